The molecule has 31 heavy (non-hydrogen) atoms. The van der Waals surface area contributed by atoms with Crippen molar-refractivity contribution in [1.29, 1.82) is 0 Å². The number of alkyl halides is 3. The van der Waals surface area contributed by atoms with E-state index in [1.165, 1.54) is 23.0 Å². The molecule has 8 heteroatoms. The van der Waals surface area contributed by atoms with Crippen LogP contribution in [0.3, 0.4) is 0 Å². The van der Waals surface area contributed by atoms with Crippen molar-refractivity contribution in [3.8, 4) is 0 Å². The summed E-state index contributed by atoms with van der Waals surface area (Å²) < 4.78 is 40.0. The second-order valence-electron chi connectivity index (χ2n) is 7.73. The third-order valence-corrected chi connectivity index (χ3v) is 5.74. The summed E-state index contributed by atoms with van der Waals surface area (Å²) in [6, 6.07) is 11.8. The third kappa shape index (κ3) is 4.47. The molecular weight excluding hydrogens is 407 g/mol. The fourth-order valence-electron chi connectivity index (χ4n) is 4.10. The van der Waals surface area contributed by atoms with E-state index >= 15 is 0 Å². The van der Waals surface area contributed by atoms with Crippen LogP contribution in [0.2, 0.25) is 0 Å². The van der Waals surface area contributed by atoms with E-state index < -0.39 is 11.7 Å². The van der Waals surface area contributed by atoms with Gasteiger partial charge in [0, 0.05) is 19.5 Å². The van der Waals surface area contributed by atoms with Crippen molar-refractivity contribution in [3.63, 3.8) is 0 Å². The van der Waals surface area contributed by atoms with Gasteiger partial charge in [-0.25, -0.2) is 4.98 Å². The molecule has 1 saturated heterocycles. The number of aromatic nitrogens is 2. The van der Waals surface area contributed by atoms with Crippen molar-refractivity contribution in [1.82, 2.24) is 14.5 Å². The predicted molar refractivity (Wildman–Crippen MR) is 110 cm³/mol. The van der Waals surface area contributed by atoms with Crippen molar-refractivity contribution in [3.05, 3.63) is 76.3 Å². The maximum absolute atomic E-state index is 13.0. The molecule has 2 aromatic carbocycles. The van der Waals surface area contributed by atoms with Crippen LogP contribution in [-0.2, 0) is 17.5 Å². The minimum absolute atomic E-state index is 0.121. The number of likely N-dealkylation sites (tertiary alicyclic amines) is 1. The van der Waals surface area contributed by atoms with Gasteiger partial charge in [0.1, 0.15) is 0 Å². The molecule has 0 aliphatic carbocycles. The summed E-state index contributed by atoms with van der Waals surface area (Å²) in [7, 11) is 0. The first-order valence-corrected chi connectivity index (χ1v) is 10.3. The average Bonchev–Trinajstić information content (AvgIpc) is 2.78. The van der Waals surface area contributed by atoms with Gasteiger partial charge in [0.2, 0.25) is 5.91 Å². The highest BCUT2D eigenvalue weighted by molar-refractivity contribution is 5.78. The zero-order chi connectivity index (χ0) is 22.0. The Bertz CT molecular complexity index is 1140. The SMILES string of the molecule is O=C(CCn1cnc2ccccc2c1=O)N1CCCC[C@@H]1c1ccc(C(F)(F)F)cc1. The minimum atomic E-state index is -4.39. The van der Waals surface area contributed by atoms with Gasteiger partial charge < -0.3 is 4.90 Å². The van der Waals surface area contributed by atoms with Crippen molar-refractivity contribution in [2.45, 2.75) is 44.4 Å². The first-order chi connectivity index (χ1) is 14.8. The predicted octanol–water partition coefficient (Wildman–Crippen LogP) is 4.56. The quantitative estimate of drug-likeness (QED) is 0.611. The van der Waals surface area contributed by atoms with Gasteiger partial charge in [-0.15, -0.1) is 0 Å². The van der Waals surface area contributed by atoms with Crippen molar-refractivity contribution >= 4 is 16.8 Å². The number of benzene rings is 2. The van der Waals surface area contributed by atoms with Gasteiger partial charge in [-0.3, -0.25) is 14.2 Å². The lowest BCUT2D eigenvalue weighted by molar-refractivity contribution is -0.138. The highest BCUT2D eigenvalue weighted by Gasteiger charge is 2.32. The number of piperidine rings is 1. The molecule has 5 nitrogen and oxygen atoms in total. The molecule has 1 fully saturated rings. The zero-order valence-electron chi connectivity index (χ0n) is 16.8. The Morgan fingerprint density at radius 2 is 1.81 bits per heavy atom. The van der Waals surface area contributed by atoms with Crippen LogP contribution in [0.15, 0.2) is 59.7 Å². The number of carbonyl (C=O) groups excluding carboxylic acids is 1. The maximum atomic E-state index is 13.0. The lowest BCUT2D eigenvalue weighted by Crippen LogP contribution is -2.39. The highest BCUT2D eigenvalue weighted by atomic mass is 19.4. The number of carbonyl (C=O) groups is 1. The molecule has 1 aliphatic heterocycles. The second-order valence-corrected chi connectivity index (χ2v) is 7.73. The zero-order valence-corrected chi connectivity index (χ0v) is 16.8. The summed E-state index contributed by atoms with van der Waals surface area (Å²) in [6.45, 7) is 0.751. The number of halogens is 3. The summed E-state index contributed by atoms with van der Waals surface area (Å²) >= 11 is 0. The number of hydrogen-bond acceptors (Lipinski definition) is 3. The fourth-order valence-corrected chi connectivity index (χ4v) is 4.10. The lowest BCUT2D eigenvalue weighted by Gasteiger charge is -2.36. The van der Waals surface area contributed by atoms with Gasteiger partial charge in [0.15, 0.2) is 0 Å². The molecule has 3 aromatic rings. The molecule has 1 amide bonds. The Hall–Kier alpha value is -3.16. The highest BCUT2D eigenvalue weighted by Crippen LogP contribution is 2.34. The molecule has 2 heterocycles. The largest absolute Gasteiger partial charge is 0.416 e. The number of amides is 1. The number of aryl methyl sites for hydroxylation is 1. The van der Waals surface area contributed by atoms with Crippen LogP contribution < -0.4 is 5.56 Å². The van der Waals surface area contributed by atoms with Crippen LogP contribution in [0.25, 0.3) is 10.9 Å². The van der Waals surface area contributed by atoms with Crippen LogP contribution in [0.1, 0.15) is 42.9 Å². The van der Waals surface area contributed by atoms with E-state index in [1.807, 2.05) is 0 Å². The van der Waals surface area contributed by atoms with Gasteiger partial charge in [0.25, 0.3) is 5.56 Å². The molecule has 1 aromatic heterocycles. The molecular formula is C23H22F3N3O2. The van der Waals surface area contributed by atoms with Crippen molar-refractivity contribution in [2.24, 2.45) is 0 Å². The maximum Gasteiger partial charge on any atom is 0.416 e. The Kier molecular flexibility index (Phi) is 5.80. The first kappa shape index (κ1) is 21.1. The van der Waals surface area contributed by atoms with Crippen LogP contribution >= 0.6 is 0 Å². The topological polar surface area (TPSA) is 55.2 Å². The summed E-state index contributed by atoms with van der Waals surface area (Å²) in [5.74, 6) is -0.121. The van der Waals surface area contributed by atoms with Gasteiger partial charge in [-0.1, -0.05) is 24.3 Å². The molecule has 0 bridgehead atoms. The smallest absolute Gasteiger partial charge is 0.336 e. The van der Waals surface area contributed by atoms with E-state index in [4.69, 9.17) is 0 Å². The number of fused-ring (bicyclic) bond motifs is 1. The van der Waals surface area contributed by atoms with Crippen molar-refractivity contribution in [2.75, 3.05) is 6.54 Å². The number of para-hydroxylation sites is 1. The molecule has 4 rings (SSSR count). The minimum Gasteiger partial charge on any atom is -0.336 e. The summed E-state index contributed by atoms with van der Waals surface area (Å²) in [6.07, 6.45) is -0.362. The van der Waals surface area contributed by atoms with Gasteiger partial charge in [0.05, 0.1) is 28.8 Å². The van der Waals surface area contributed by atoms with Gasteiger partial charge in [-0.05, 0) is 49.1 Å². The van der Waals surface area contributed by atoms with E-state index in [0.29, 0.717) is 29.4 Å². The van der Waals surface area contributed by atoms with Crippen LogP contribution in [0.4, 0.5) is 13.2 Å². The molecule has 1 atom stereocenters. The van der Waals surface area contributed by atoms with E-state index in [9.17, 15) is 22.8 Å². The fraction of sp³-hybridized carbons (Fsp3) is 0.348. The monoisotopic (exact) mass is 429 g/mol. The van der Waals surface area contributed by atoms with Crippen LogP contribution in [0, 0.1) is 0 Å². The standard InChI is InChI=1S/C23H22F3N3O2/c24-23(25,26)17-10-8-16(9-11-17)20-7-3-4-13-29(20)21(30)12-14-28-15-27-19-6-2-1-5-18(19)22(28)31/h1-2,5-6,8-11,15,20H,3-4,7,12-14H2/t20-/m1/s1. The Morgan fingerprint density at radius 3 is 2.55 bits per heavy atom. The normalized spacial score (nSPS) is 17.1. The Labute approximate surface area is 177 Å². The summed E-state index contributed by atoms with van der Waals surface area (Å²) in [5, 5.41) is 0.498. The average molecular weight is 429 g/mol. The summed E-state index contributed by atoms with van der Waals surface area (Å²) in [4.78, 5) is 31.6. The molecule has 162 valence electrons. The van der Waals surface area contributed by atoms with Gasteiger partial charge in [-0.2, -0.15) is 13.2 Å². The lowest BCUT2D eigenvalue weighted by atomic mass is 9.94. The van der Waals surface area contributed by atoms with E-state index in [1.54, 1.807) is 29.2 Å². The van der Waals surface area contributed by atoms with Crippen LogP contribution in [0.5, 0.6) is 0 Å². The molecule has 1 aliphatic rings. The molecule has 0 spiro atoms. The Morgan fingerprint density at radius 1 is 1.06 bits per heavy atom. The number of nitrogens with zero attached hydrogens (tertiary/aromatic N) is 3. The number of hydrogen-bond donors (Lipinski definition) is 0. The first-order valence-electron chi connectivity index (χ1n) is 10.3. The number of rotatable bonds is 4. The van der Waals surface area contributed by atoms with Crippen molar-refractivity contribution < 1.29 is 18.0 Å². The van der Waals surface area contributed by atoms with Crippen LogP contribution in [-0.4, -0.2) is 26.9 Å². The second kappa shape index (κ2) is 8.53. The summed E-state index contributed by atoms with van der Waals surface area (Å²) in [5.41, 5.74) is 0.406. The van der Waals surface area contributed by atoms with E-state index in [-0.39, 0.29) is 30.5 Å². The molecule has 0 saturated carbocycles. The molecule has 0 radical (unpaired) electrons. The van der Waals surface area contributed by atoms with Gasteiger partial charge >= 0.3 is 6.18 Å². The van der Waals surface area contributed by atoms with E-state index in [0.717, 1.165) is 25.0 Å². The molecule has 0 N–H and O–H groups in total. The van der Waals surface area contributed by atoms with E-state index in [2.05, 4.69) is 4.98 Å². The molecule has 0 unspecified atom stereocenters. The third-order valence-electron chi connectivity index (χ3n) is 5.74. The Balaban J connectivity index is 1.49.